The molecule has 132 valence electrons. The monoisotopic (exact) mass is 412 g/mol. The third kappa shape index (κ3) is 3.38. The Morgan fingerprint density at radius 3 is 2.44 bits per heavy atom. The molecule has 1 aliphatic heterocycles. The van der Waals surface area contributed by atoms with Gasteiger partial charge in [-0.15, -0.1) is 0 Å². The fraction of sp³-hybridized carbons (Fsp3) is 0.278. The molecule has 1 amide bonds. The molecule has 25 heavy (non-hydrogen) atoms. The van der Waals surface area contributed by atoms with Crippen LogP contribution in [-0.2, 0) is 0 Å². The van der Waals surface area contributed by atoms with Crippen molar-refractivity contribution in [1.82, 2.24) is 0 Å². The Bertz CT molecular complexity index is 806. The molecule has 0 spiro atoms. The Morgan fingerprint density at radius 2 is 1.80 bits per heavy atom. The van der Waals surface area contributed by atoms with Crippen molar-refractivity contribution in [3.05, 3.63) is 57.3 Å². The van der Waals surface area contributed by atoms with Crippen LogP contribution in [0.3, 0.4) is 0 Å². The zero-order valence-electron chi connectivity index (χ0n) is 13.5. The van der Waals surface area contributed by atoms with Gasteiger partial charge in [0.25, 0.3) is 5.91 Å². The number of hydrogen-bond donors (Lipinski definition) is 1. The fourth-order valence-electron chi connectivity index (χ4n) is 3.04. The molecule has 1 saturated heterocycles. The summed E-state index contributed by atoms with van der Waals surface area (Å²) in [4.78, 5) is 13.9. The highest BCUT2D eigenvalue weighted by Gasteiger charge is 2.30. The molecule has 2 aromatic rings. The number of rotatable bonds is 3. The third-order valence-electron chi connectivity index (χ3n) is 4.26. The van der Waals surface area contributed by atoms with E-state index in [1.54, 1.807) is 29.2 Å². The minimum Gasteiger partial charge on any atom is -0.369 e. The van der Waals surface area contributed by atoms with Crippen LogP contribution >= 0.6 is 15.9 Å². The number of nitrogens with zero attached hydrogens (tertiary/aromatic N) is 1. The molecule has 0 bridgehead atoms. The van der Waals surface area contributed by atoms with E-state index in [1.165, 1.54) is 6.92 Å². The van der Waals surface area contributed by atoms with Gasteiger partial charge in [0, 0.05) is 28.8 Å². The van der Waals surface area contributed by atoms with E-state index in [-0.39, 0.29) is 11.3 Å². The van der Waals surface area contributed by atoms with Gasteiger partial charge in [0.05, 0.1) is 5.69 Å². The van der Waals surface area contributed by atoms with E-state index in [4.69, 9.17) is 0 Å². The summed E-state index contributed by atoms with van der Waals surface area (Å²) in [5.74, 6) is -4.70. The van der Waals surface area contributed by atoms with Crippen molar-refractivity contribution in [3.63, 3.8) is 0 Å². The van der Waals surface area contributed by atoms with E-state index in [2.05, 4.69) is 21.2 Å². The first-order valence-corrected chi connectivity index (χ1v) is 8.68. The van der Waals surface area contributed by atoms with Crippen molar-refractivity contribution in [2.75, 3.05) is 23.3 Å². The van der Waals surface area contributed by atoms with Crippen molar-refractivity contribution in [3.8, 4) is 0 Å². The maximum absolute atomic E-state index is 14.7. The second kappa shape index (κ2) is 7.07. The Kier molecular flexibility index (Phi) is 5.03. The number of carbonyl (C=O) groups is 1. The molecule has 3 nitrogen and oxygen atoms in total. The van der Waals surface area contributed by atoms with E-state index in [0.29, 0.717) is 23.2 Å². The van der Waals surface area contributed by atoms with E-state index in [1.807, 2.05) is 0 Å². The van der Waals surface area contributed by atoms with E-state index >= 15 is 0 Å². The molecule has 0 atom stereocenters. The van der Waals surface area contributed by atoms with Crippen molar-refractivity contribution in [2.45, 2.75) is 19.8 Å². The molecule has 1 fully saturated rings. The molecule has 1 aliphatic rings. The highest BCUT2D eigenvalue weighted by molar-refractivity contribution is 9.10. The Hall–Kier alpha value is -2.02. The molecule has 7 heteroatoms. The van der Waals surface area contributed by atoms with Crippen LogP contribution in [0.1, 0.15) is 28.8 Å². The highest BCUT2D eigenvalue weighted by atomic mass is 79.9. The first kappa shape index (κ1) is 17.8. The lowest BCUT2D eigenvalue weighted by Gasteiger charge is -2.22. The number of halogens is 4. The minimum atomic E-state index is -1.46. The van der Waals surface area contributed by atoms with Crippen molar-refractivity contribution in [1.29, 1.82) is 0 Å². The van der Waals surface area contributed by atoms with Crippen molar-refractivity contribution in [2.24, 2.45) is 0 Å². The quantitative estimate of drug-likeness (QED) is 0.717. The predicted molar refractivity (Wildman–Crippen MR) is 94.6 cm³/mol. The summed E-state index contributed by atoms with van der Waals surface area (Å²) in [6.45, 7) is 2.45. The zero-order valence-corrected chi connectivity index (χ0v) is 15.1. The van der Waals surface area contributed by atoms with Crippen LogP contribution in [0.2, 0.25) is 0 Å². The van der Waals surface area contributed by atoms with Gasteiger partial charge < -0.3 is 10.2 Å². The average Bonchev–Trinajstić information content (AvgIpc) is 3.07. The lowest BCUT2D eigenvalue weighted by molar-refractivity contribution is 0.101. The van der Waals surface area contributed by atoms with E-state index < -0.39 is 28.9 Å². The summed E-state index contributed by atoms with van der Waals surface area (Å²) in [6.07, 6.45) is 1.68. The first-order chi connectivity index (χ1) is 11.9. The number of amides is 1. The summed E-state index contributed by atoms with van der Waals surface area (Å²) >= 11 is 3.24. The number of hydrogen-bond acceptors (Lipinski definition) is 2. The second-order valence-electron chi connectivity index (χ2n) is 5.95. The van der Waals surface area contributed by atoms with Gasteiger partial charge in [-0.2, -0.15) is 0 Å². The largest absolute Gasteiger partial charge is 0.369 e. The lowest BCUT2D eigenvalue weighted by atomic mass is 10.0. The van der Waals surface area contributed by atoms with Gasteiger partial charge in [0.1, 0.15) is 11.4 Å². The molecule has 3 rings (SSSR count). The van der Waals surface area contributed by atoms with Crippen LogP contribution in [0.5, 0.6) is 0 Å². The van der Waals surface area contributed by atoms with Crippen molar-refractivity contribution >= 4 is 33.2 Å². The van der Waals surface area contributed by atoms with Gasteiger partial charge in [0.15, 0.2) is 11.6 Å². The van der Waals surface area contributed by atoms with Gasteiger partial charge >= 0.3 is 0 Å². The molecular formula is C18H16BrF3N2O. The molecule has 1 heterocycles. The highest BCUT2D eigenvalue weighted by Crippen LogP contribution is 2.34. The minimum absolute atomic E-state index is 0.0554. The van der Waals surface area contributed by atoms with Crippen LogP contribution in [0.15, 0.2) is 28.7 Å². The molecule has 0 aromatic heterocycles. The summed E-state index contributed by atoms with van der Waals surface area (Å²) in [5, 5.41) is 2.39. The molecule has 2 aromatic carbocycles. The number of anilines is 2. The Labute approximate surface area is 152 Å². The smallest absolute Gasteiger partial charge is 0.261 e. The SMILES string of the molecule is Cc1c(F)c(C(=O)Nc2cccc(Br)c2)c(F)c(F)c1N1CCCC1. The lowest BCUT2D eigenvalue weighted by Crippen LogP contribution is -2.24. The number of carbonyl (C=O) groups excluding carboxylic acids is 1. The maximum atomic E-state index is 14.7. The van der Waals surface area contributed by atoms with Crippen LogP contribution < -0.4 is 10.2 Å². The molecule has 0 unspecified atom stereocenters. The summed E-state index contributed by atoms with van der Waals surface area (Å²) in [6, 6.07) is 6.55. The van der Waals surface area contributed by atoms with Crippen LogP contribution in [0.4, 0.5) is 24.5 Å². The van der Waals surface area contributed by atoms with Gasteiger partial charge in [-0.05, 0) is 38.0 Å². The molecule has 1 N–H and O–H groups in total. The van der Waals surface area contributed by atoms with Gasteiger partial charge in [-0.3, -0.25) is 4.79 Å². The van der Waals surface area contributed by atoms with Gasteiger partial charge in [-0.1, -0.05) is 22.0 Å². The first-order valence-electron chi connectivity index (χ1n) is 7.89. The van der Waals surface area contributed by atoms with Crippen LogP contribution in [0, 0.1) is 24.4 Å². The van der Waals surface area contributed by atoms with Crippen molar-refractivity contribution < 1.29 is 18.0 Å². The second-order valence-corrected chi connectivity index (χ2v) is 6.86. The Morgan fingerprint density at radius 1 is 1.12 bits per heavy atom. The van der Waals surface area contributed by atoms with E-state index in [0.717, 1.165) is 12.8 Å². The molecule has 0 radical (unpaired) electrons. The Balaban J connectivity index is 2.00. The predicted octanol–water partition coefficient (Wildman–Crippen LogP) is 5.03. The third-order valence-corrected chi connectivity index (χ3v) is 4.75. The number of benzene rings is 2. The topological polar surface area (TPSA) is 32.3 Å². The van der Waals surface area contributed by atoms with Crippen LogP contribution in [0.25, 0.3) is 0 Å². The molecule has 0 saturated carbocycles. The van der Waals surface area contributed by atoms with E-state index in [9.17, 15) is 18.0 Å². The summed E-state index contributed by atoms with van der Waals surface area (Å²) < 4.78 is 44.4. The standard InChI is InChI=1S/C18H16BrF3N2O/c1-10-14(20)13(18(25)23-12-6-4-5-11(19)9-12)15(21)16(22)17(10)24-7-2-3-8-24/h4-6,9H,2-3,7-8H2,1H3,(H,23,25). The maximum Gasteiger partial charge on any atom is 0.261 e. The number of nitrogens with one attached hydrogen (secondary N) is 1. The summed E-state index contributed by atoms with van der Waals surface area (Å²) in [7, 11) is 0. The molecular weight excluding hydrogens is 397 g/mol. The van der Waals surface area contributed by atoms with Gasteiger partial charge in [-0.25, -0.2) is 13.2 Å². The fourth-order valence-corrected chi connectivity index (χ4v) is 3.44. The summed E-state index contributed by atoms with van der Waals surface area (Å²) in [5.41, 5.74) is -0.704. The normalized spacial score (nSPS) is 14.0. The van der Waals surface area contributed by atoms with Gasteiger partial charge in [0.2, 0.25) is 0 Å². The van der Waals surface area contributed by atoms with Crippen LogP contribution in [-0.4, -0.2) is 19.0 Å². The average molecular weight is 413 g/mol. The molecule has 0 aliphatic carbocycles. The zero-order chi connectivity index (χ0) is 18.1.